The highest BCUT2D eigenvalue weighted by atomic mass is 14.6. The van der Waals surface area contributed by atoms with Crippen molar-refractivity contribution in [2.24, 2.45) is 0 Å². The van der Waals surface area contributed by atoms with Gasteiger partial charge in [-0.05, 0) is 29.7 Å². The first-order valence-electron chi connectivity index (χ1n) is 5.95. The molecule has 0 N–H and O–H groups in total. The first-order chi connectivity index (χ1) is 9.31. The van der Waals surface area contributed by atoms with Gasteiger partial charge in [-0.2, -0.15) is 5.26 Å². The van der Waals surface area contributed by atoms with Crippen LogP contribution in [-0.2, 0) is 6.42 Å². The van der Waals surface area contributed by atoms with E-state index >= 15 is 0 Å². The summed E-state index contributed by atoms with van der Waals surface area (Å²) in [7, 11) is 0. The van der Waals surface area contributed by atoms with Gasteiger partial charge in [-0.1, -0.05) is 48.6 Å². The van der Waals surface area contributed by atoms with E-state index < -0.39 is 0 Å². The first-order valence-corrected chi connectivity index (χ1v) is 5.95. The maximum Gasteiger partial charge on any atom is 0.187 e. The lowest BCUT2D eigenvalue weighted by molar-refractivity contribution is 1.28. The summed E-state index contributed by atoms with van der Waals surface area (Å²) in [5.41, 5.74) is 3.60. The van der Waals surface area contributed by atoms with Crippen LogP contribution in [0, 0.1) is 17.9 Å². The molecular weight excluding hydrogens is 232 g/mol. The van der Waals surface area contributed by atoms with E-state index in [9.17, 15) is 0 Å². The summed E-state index contributed by atoms with van der Waals surface area (Å²) < 4.78 is 0. The Morgan fingerprint density at radius 2 is 1.74 bits per heavy atom. The lowest BCUT2D eigenvalue weighted by atomic mass is 10.1. The van der Waals surface area contributed by atoms with Crippen LogP contribution in [0.25, 0.3) is 10.9 Å². The van der Waals surface area contributed by atoms with Crippen LogP contribution in [0.4, 0.5) is 5.69 Å². The van der Waals surface area contributed by atoms with Gasteiger partial charge in [-0.25, -0.2) is 4.85 Å². The minimum atomic E-state index is 0.667. The second-order valence-corrected chi connectivity index (χ2v) is 4.12. The lowest BCUT2D eigenvalue weighted by Gasteiger charge is -1.97. The molecular formula is C17H12N2. The predicted octanol–water partition coefficient (Wildman–Crippen LogP) is 4.36. The maximum atomic E-state index is 8.71. The van der Waals surface area contributed by atoms with Gasteiger partial charge in [0.05, 0.1) is 18.2 Å². The molecule has 0 aliphatic heterocycles. The van der Waals surface area contributed by atoms with E-state index in [-0.39, 0.29) is 0 Å². The fourth-order valence-electron chi connectivity index (χ4n) is 1.71. The van der Waals surface area contributed by atoms with Crippen molar-refractivity contribution in [1.29, 1.82) is 5.26 Å². The van der Waals surface area contributed by atoms with E-state index in [0.717, 1.165) is 12.0 Å². The fourth-order valence-corrected chi connectivity index (χ4v) is 1.71. The maximum absolute atomic E-state index is 8.71. The van der Waals surface area contributed by atoms with Gasteiger partial charge in [0.15, 0.2) is 5.69 Å². The van der Waals surface area contributed by atoms with Crippen molar-refractivity contribution < 1.29 is 0 Å². The van der Waals surface area contributed by atoms with Crippen LogP contribution in [0.15, 0.2) is 54.6 Å². The van der Waals surface area contributed by atoms with E-state index in [0.29, 0.717) is 11.3 Å². The van der Waals surface area contributed by atoms with Gasteiger partial charge in [0, 0.05) is 0 Å². The zero-order chi connectivity index (χ0) is 13.5. The topological polar surface area (TPSA) is 28.1 Å². The number of benzene rings is 2. The third-order valence-corrected chi connectivity index (χ3v) is 2.77. The van der Waals surface area contributed by atoms with E-state index in [1.165, 1.54) is 5.56 Å². The second-order valence-electron chi connectivity index (χ2n) is 4.12. The Morgan fingerprint density at radius 3 is 2.32 bits per heavy atom. The smallest absolute Gasteiger partial charge is 0.187 e. The molecule has 0 spiro atoms. The van der Waals surface area contributed by atoms with Crippen molar-refractivity contribution >= 4 is 11.8 Å². The fraction of sp³-hybridized carbons (Fsp3) is 0.0588. The molecule has 2 nitrogen and oxygen atoms in total. The Kier molecular flexibility index (Phi) is 4.11. The Hall–Kier alpha value is -2.84. The quantitative estimate of drug-likeness (QED) is 0.737. The summed E-state index contributed by atoms with van der Waals surface area (Å²) >= 11 is 0. The van der Waals surface area contributed by atoms with Crippen LogP contribution < -0.4 is 0 Å². The third kappa shape index (κ3) is 3.56. The van der Waals surface area contributed by atoms with E-state index in [4.69, 9.17) is 11.8 Å². The van der Waals surface area contributed by atoms with Crippen LogP contribution in [0.1, 0.15) is 16.7 Å². The second kappa shape index (κ2) is 6.19. The molecule has 0 saturated carbocycles. The van der Waals surface area contributed by atoms with Gasteiger partial charge in [0.25, 0.3) is 0 Å². The summed E-state index contributed by atoms with van der Waals surface area (Å²) in [6.45, 7) is 6.89. The molecule has 0 unspecified atom stereocenters. The Bertz CT molecular complexity index is 650. The molecule has 0 atom stereocenters. The molecule has 0 bridgehead atoms. The number of nitrogens with zero attached hydrogens (tertiary/aromatic N) is 2. The van der Waals surface area contributed by atoms with Crippen LogP contribution in [0.5, 0.6) is 0 Å². The number of nitriles is 1. The van der Waals surface area contributed by atoms with Crippen molar-refractivity contribution in [2.45, 2.75) is 6.42 Å². The minimum Gasteiger partial charge on any atom is -0.238 e. The molecule has 0 aliphatic rings. The Balaban J connectivity index is 1.99. The molecule has 0 radical (unpaired) electrons. The minimum absolute atomic E-state index is 0.667. The molecule has 2 aromatic rings. The molecule has 2 heteroatoms. The SMILES string of the molecule is [C-]#[N+]c1ccc(C/C=C/c2ccc(C#N)cc2)cc1. The van der Waals surface area contributed by atoms with Crippen LogP contribution in [0.3, 0.4) is 0 Å². The summed E-state index contributed by atoms with van der Waals surface area (Å²) in [6.07, 6.45) is 4.94. The van der Waals surface area contributed by atoms with Gasteiger partial charge in [-0.3, -0.25) is 0 Å². The van der Waals surface area contributed by atoms with Gasteiger partial charge in [0.1, 0.15) is 0 Å². The number of hydrogen-bond acceptors (Lipinski definition) is 1. The molecule has 90 valence electrons. The molecule has 0 amide bonds. The summed E-state index contributed by atoms with van der Waals surface area (Å²) in [5.74, 6) is 0. The standard InChI is InChI=1S/C17H12N2/c1-19-17-11-9-15(10-12-17)4-2-3-14-5-7-16(13-18)8-6-14/h2-3,5-12H,4H2/b3-2+. The molecule has 0 aliphatic carbocycles. The van der Waals surface area contributed by atoms with Crippen molar-refractivity contribution in [3.63, 3.8) is 0 Å². The Morgan fingerprint density at radius 1 is 1.05 bits per heavy atom. The number of allylic oxidation sites excluding steroid dienone is 1. The largest absolute Gasteiger partial charge is 0.238 e. The molecule has 2 aromatic carbocycles. The average Bonchev–Trinajstić information content (AvgIpc) is 2.49. The summed E-state index contributed by atoms with van der Waals surface area (Å²) in [6, 6.07) is 17.2. The van der Waals surface area contributed by atoms with Gasteiger partial charge in [-0.15, -0.1) is 0 Å². The molecule has 0 heterocycles. The number of rotatable bonds is 3. The highest BCUT2D eigenvalue weighted by Crippen LogP contribution is 2.13. The highest BCUT2D eigenvalue weighted by molar-refractivity contribution is 5.52. The van der Waals surface area contributed by atoms with Gasteiger partial charge < -0.3 is 0 Å². The van der Waals surface area contributed by atoms with Crippen molar-refractivity contribution in [3.05, 3.63) is 82.7 Å². The molecule has 0 fully saturated rings. The number of hydrogen-bond donors (Lipinski definition) is 0. The Labute approximate surface area is 113 Å². The van der Waals surface area contributed by atoms with Gasteiger partial charge >= 0.3 is 0 Å². The van der Waals surface area contributed by atoms with E-state index in [1.807, 2.05) is 54.6 Å². The molecule has 19 heavy (non-hydrogen) atoms. The van der Waals surface area contributed by atoms with Crippen LogP contribution in [0.2, 0.25) is 0 Å². The zero-order valence-corrected chi connectivity index (χ0v) is 10.4. The predicted molar refractivity (Wildman–Crippen MR) is 76.6 cm³/mol. The first kappa shape index (κ1) is 12.6. The third-order valence-electron chi connectivity index (χ3n) is 2.77. The van der Waals surface area contributed by atoms with Crippen molar-refractivity contribution in [3.8, 4) is 6.07 Å². The normalized spacial score (nSPS) is 10.0. The van der Waals surface area contributed by atoms with Gasteiger partial charge in [0.2, 0.25) is 0 Å². The monoisotopic (exact) mass is 244 g/mol. The van der Waals surface area contributed by atoms with E-state index in [1.54, 1.807) is 0 Å². The molecule has 2 rings (SSSR count). The highest BCUT2D eigenvalue weighted by Gasteiger charge is 1.92. The van der Waals surface area contributed by atoms with Crippen molar-refractivity contribution in [2.75, 3.05) is 0 Å². The van der Waals surface area contributed by atoms with Crippen molar-refractivity contribution in [1.82, 2.24) is 0 Å². The van der Waals surface area contributed by atoms with E-state index in [2.05, 4.69) is 17.0 Å². The molecule has 0 saturated heterocycles. The lowest BCUT2D eigenvalue weighted by Crippen LogP contribution is -1.79. The molecule has 0 aromatic heterocycles. The zero-order valence-electron chi connectivity index (χ0n) is 10.4. The average molecular weight is 244 g/mol. The summed E-state index contributed by atoms with van der Waals surface area (Å²) in [4.78, 5) is 3.36. The van der Waals surface area contributed by atoms with Crippen LogP contribution >= 0.6 is 0 Å². The van der Waals surface area contributed by atoms with Crippen LogP contribution in [-0.4, -0.2) is 0 Å². The summed E-state index contributed by atoms with van der Waals surface area (Å²) in [5, 5.41) is 8.71.